The molecule has 3 heterocycles. The Balaban J connectivity index is 1.52. The molecule has 2 aromatic heterocycles. The first-order valence-electron chi connectivity index (χ1n) is 8.11. The van der Waals surface area contributed by atoms with Crippen molar-refractivity contribution in [2.45, 2.75) is 39.3 Å². The Morgan fingerprint density at radius 3 is 2.79 bits per heavy atom. The molecule has 1 aliphatic rings. The third-order valence-electron chi connectivity index (χ3n) is 4.34. The second-order valence-corrected chi connectivity index (χ2v) is 7.06. The summed E-state index contributed by atoms with van der Waals surface area (Å²) in [6, 6.07) is 3.69. The van der Waals surface area contributed by atoms with Gasteiger partial charge in [-0.05, 0) is 38.8 Å². The normalized spacial score (nSPS) is 16.2. The Labute approximate surface area is 145 Å². The highest BCUT2D eigenvalue weighted by molar-refractivity contribution is 7.11. The van der Waals surface area contributed by atoms with Crippen LogP contribution in [-0.2, 0) is 6.54 Å². The van der Waals surface area contributed by atoms with Gasteiger partial charge in [-0.25, -0.2) is 4.98 Å². The number of carbonyl (C=O) groups is 1. The maximum absolute atomic E-state index is 12.3. The van der Waals surface area contributed by atoms with E-state index in [0.29, 0.717) is 11.4 Å². The van der Waals surface area contributed by atoms with E-state index in [-0.39, 0.29) is 17.7 Å². The van der Waals surface area contributed by atoms with E-state index in [4.69, 9.17) is 0 Å². The van der Waals surface area contributed by atoms with Gasteiger partial charge in [0.05, 0.1) is 16.9 Å². The third kappa shape index (κ3) is 3.91. The average molecular weight is 346 g/mol. The number of nitrogens with one attached hydrogen (secondary N) is 1. The summed E-state index contributed by atoms with van der Waals surface area (Å²) in [7, 11) is 0. The van der Waals surface area contributed by atoms with E-state index < -0.39 is 0 Å². The first-order chi connectivity index (χ1) is 11.5. The van der Waals surface area contributed by atoms with Crippen molar-refractivity contribution >= 4 is 17.2 Å². The molecule has 1 amide bonds. The predicted octanol–water partition coefficient (Wildman–Crippen LogP) is 2.25. The largest absolute Gasteiger partial charge is 0.506 e. The molecule has 128 valence electrons. The highest BCUT2D eigenvalue weighted by Crippen LogP contribution is 2.20. The van der Waals surface area contributed by atoms with Gasteiger partial charge in [-0.2, -0.15) is 0 Å². The van der Waals surface area contributed by atoms with Gasteiger partial charge in [-0.15, -0.1) is 11.3 Å². The molecule has 1 saturated heterocycles. The van der Waals surface area contributed by atoms with Gasteiger partial charge in [-0.1, -0.05) is 0 Å². The van der Waals surface area contributed by atoms with E-state index in [2.05, 4.69) is 20.2 Å². The number of piperidine rings is 1. The summed E-state index contributed by atoms with van der Waals surface area (Å²) >= 11 is 1.38. The predicted molar refractivity (Wildman–Crippen MR) is 93.3 cm³/mol. The average Bonchev–Trinajstić information content (AvgIpc) is 2.99. The molecule has 0 bridgehead atoms. The van der Waals surface area contributed by atoms with Gasteiger partial charge >= 0.3 is 0 Å². The Bertz CT molecular complexity index is 723. The van der Waals surface area contributed by atoms with Crippen molar-refractivity contribution in [2.75, 3.05) is 13.1 Å². The van der Waals surface area contributed by atoms with Crippen LogP contribution in [0.4, 0.5) is 0 Å². The number of nitrogens with zero attached hydrogens (tertiary/aromatic N) is 3. The highest BCUT2D eigenvalue weighted by Gasteiger charge is 2.23. The summed E-state index contributed by atoms with van der Waals surface area (Å²) in [4.78, 5) is 23.8. The monoisotopic (exact) mass is 346 g/mol. The molecule has 0 aliphatic carbocycles. The van der Waals surface area contributed by atoms with Crippen LogP contribution < -0.4 is 5.32 Å². The zero-order chi connectivity index (χ0) is 17.1. The number of amides is 1. The molecule has 7 heteroatoms. The van der Waals surface area contributed by atoms with Gasteiger partial charge in [0.1, 0.15) is 10.6 Å². The fraction of sp³-hybridized carbons (Fsp3) is 0.471. The molecule has 6 nitrogen and oxygen atoms in total. The number of thiazole rings is 1. The van der Waals surface area contributed by atoms with Crippen LogP contribution in [0.2, 0.25) is 0 Å². The lowest BCUT2D eigenvalue weighted by molar-refractivity contribution is 0.0911. The van der Waals surface area contributed by atoms with Crippen LogP contribution in [0.1, 0.15) is 39.6 Å². The summed E-state index contributed by atoms with van der Waals surface area (Å²) < 4.78 is 0. The fourth-order valence-electron chi connectivity index (χ4n) is 2.94. The standard InChI is InChI=1S/C17H22N4O2S/c1-11-3-4-15(22)14(19-11)9-21-7-5-13(6-8-21)20-17(23)16-12(2)18-10-24-16/h3-4,10,13,22H,5-9H2,1-2H3,(H,20,23). The summed E-state index contributed by atoms with van der Waals surface area (Å²) in [6.07, 6.45) is 1.80. The summed E-state index contributed by atoms with van der Waals surface area (Å²) in [5.41, 5.74) is 4.12. The van der Waals surface area contributed by atoms with E-state index in [1.807, 2.05) is 19.9 Å². The van der Waals surface area contributed by atoms with Crippen LogP contribution in [0.5, 0.6) is 5.75 Å². The SMILES string of the molecule is Cc1ccc(O)c(CN2CCC(NC(=O)c3scnc3C)CC2)n1. The number of hydrogen-bond donors (Lipinski definition) is 2. The van der Waals surface area contributed by atoms with E-state index >= 15 is 0 Å². The summed E-state index contributed by atoms with van der Waals surface area (Å²) in [6.45, 7) is 6.17. The van der Waals surface area contributed by atoms with E-state index in [9.17, 15) is 9.90 Å². The molecular formula is C17H22N4O2S. The summed E-state index contributed by atoms with van der Waals surface area (Å²) in [5.74, 6) is 0.225. The third-order valence-corrected chi connectivity index (χ3v) is 5.26. The molecule has 0 saturated carbocycles. The molecule has 1 aliphatic heterocycles. The van der Waals surface area contributed by atoms with Crippen LogP contribution >= 0.6 is 11.3 Å². The quantitative estimate of drug-likeness (QED) is 0.888. The minimum atomic E-state index is -0.0218. The van der Waals surface area contributed by atoms with E-state index in [0.717, 1.165) is 43.0 Å². The number of hydrogen-bond acceptors (Lipinski definition) is 6. The zero-order valence-electron chi connectivity index (χ0n) is 14.0. The first kappa shape index (κ1) is 16.9. The molecule has 2 N–H and O–H groups in total. The lowest BCUT2D eigenvalue weighted by atomic mass is 10.0. The molecule has 2 aromatic rings. The Kier molecular flexibility index (Phi) is 5.11. The van der Waals surface area contributed by atoms with Crippen molar-refractivity contribution in [1.29, 1.82) is 0 Å². The molecule has 0 spiro atoms. The Morgan fingerprint density at radius 2 is 2.12 bits per heavy atom. The lowest BCUT2D eigenvalue weighted by Gasteiger charge is -2.32. The maximum atomic E-state index is 12.3. The van der Waals surface area contributed by atoms with Crippen molar-refractivity contribution in [3.63, 3.8) is 0 Å². The lowest BCUT2D eigenvalue weighted by Crippen LogP contribution is -2.44. The molecule has 0 atom stereocenters. The van der Waals surface area contributed by atoms with Crippen molar-refractivity contribution < 1.29 is 9.90 Å². The van der Waals surface area contributed by atoms with Gasteiger partial charge in [0, 0.05) is 31.4 Å². The number of likely N-dealkylation sites (tertiary alicyclic amines) is 1. The Morgan fingerprint density at radius 1 is 1.38 bits per heavy atom. The fourth-order valence-corrected chi connectivity index (χ4v) is 3.64. The van der Waals surface area contributed by atoms with Crippen LogP contribution in [0.3, 0.4) is 0 Å². The maximum Gasteiger partial charge on any atom is 0.263 e. The van der Waals surface area contributed by atoms with Crippen molar-refractivity contribution in [1.82, 2.24) is 20.2 Å². The molecule has 3 rings (SSSR count). The molecular weight excluding hydrogens is 324 g/mol. The number of aryl methyl sites for hydroxylation is 2. The molecule has 0 radical (unpaired) electrons. The Hall–Kier alpha value is -1.99. The smallest absolute Gasteiger partial charge is 0.263 e. The van der Waals surface area contributed by atoms with Crippen molar-refractivity contribution in [2.24, 2.45) is 0 Å². The highest BCUT2D eigenvalue weighted by atomic mass is 32.1. The van der Waals surface area contributed by atoms with Crippen LogP contribution in [0, 0.1) is 13.8 Å². The number of aromatic hydroxyl groups is 1. The molecule has 24 heavy (non-hydrogen) atoms. The summed E-state index contributed by atoms with van der Waals surface area (Å²) in [5, 5.41) is 13.0. The zero-order valence-corrected chi connectivity index (χ0v) is 14.8. The van der Waals surface area contributed by atoms with Gasteiger partial charge in [0.25, 0.3) is 5.91 Å². The topological polar surface area (TPSA) is 78.4 Å². The van der Waals surface area contributed by atoms with E-state index in [1.54, 1.807) is 11.6 Å². The number of aromatic nitrogens is 2. The first-order valence-corrected chi connectivity index (χ1v) is 8.99. The second kappa shape index (κ2) is 7.27. The molecule has 1 fully saturated rings. The van der Waals surface area contributed by atoms with Gasteiger partial charge in [-0.3, -0.25) is 14.7 Å². The number of carbonyl (C=O) groups excluding carboxylic acids is 1. The minimum Gasteiger partial charge on any atom is -0.506 e. The number of pyridine rings is 1. The van der Waals surface area contributed by atoms with Crippen molar-refractivity contribution in [3.05, 3.63) is 39.6 Å². The number of rotatable bonds is 4. The molecule has 0 aromatic carbocycles. The minimum absolute atomic E-state index is 0.0218. The van der Waals surface area contributed by atoms with Crippen LogP contribution in [0.25, 0.3) is 0 Å². The van der Waals surface area contributed by atoms with E-state index in [1.165, 1.54) is 11.3 Å². The van der Waals surface area contributed by atoms with Crippen molar-refractivity contribution in [3.8, 4) is 5.75 Å². The van der Waals surface area contributed by atoms with Crippen LogP contribution in [0.15, 0.2) is 17.6 Å². The van der Waals surface area contributed by atoms with Gasteiger partial charge < -0.3 is 10.4 Å². The van der Waals surface area contributed by atoms with Gasteiger partial charge in [0.2, 0.25) is 0 Å². The molecule has 0 unspecified atom stereocenters. The second-order valence-electron chi connectivity index (χ2n) is 6.21. The van der Waals surface area contributed by atoms with Crippen LogP contribution in [-0.4, -0.2) is 45.0 Å². The van der Waals surface area contributed by atoms with Gasteiger partial charge in [0.15, 0.2) is 0 Å².